The third-order valence-electron chi connectivity index (χ3n) is 4.45. The number of carbonyl (C=O) groups excluding carboxylic acids is 1. The van der Waals surface area contributed by atoms with E-state index in [1.165, 1.54) is 0 Å². The van der Waals surface area contributed by atoms with Gasteiger partial charge in [0.05, 0.1) is 23.0 Å². The zero-order chi connectivity index (χ0) is 19.3. The highest BCUT2D eigenvalue weighted by Crippen LogP contribution is 2.26. The molecule has 2 aromatic carbocycles. The first-order valence-electron chi connectivity index (χ1n) is 8.91. The zero-order valence-corrected chi connectivity index (χ0v) is 15.3. The van der Waals surface area contributed by atoms with Crippen molar-refractivity contribution >= 4 is 23.0 Å². The Balaban J connectivity index is 1.72. The van der Waals surface area contributed by atoms with Gasteiger partial charge in [-0.15, -0.1) is 0 Å². The molecule has 0 bridgehead atoms. The van der Waals surface area contributed by atoms with Gasteiger partial charge in [-0.1, -0.05) is 48.5 Å². The highest BCUT2D eigenvalue weighted by Gasteiger charge is 2.14. The molecule has 4 aromatic rings. The quantitative estimate of drug-likeness (QED) is 0.431. The highest BCUT2D eigenvalue weighted by molar-refractivity contribution is 6.07. The van der Waals surface area contributed by atoms with Crippen LogP contribution in [0.2, 0.25) is 0 Å². The van der Waals surface area contributed by atoms with Crippen LogP contribution in [0.1, 0.15) is 21.5 Å². The van der Waals surface area contributed by atoms with Crippen molar-refractivity contribution in [3.63, 3.8) is 0 Å². The maximum Gasteiger partial charge on any atom is 0.272 e. The minimum Gasteiger partial charge on any atom is -0.267 e. The maximum atomic E-state index is 12.8. The van der Waals surface area contributed by atoms with Gasteiger partial charge in [0.1, 0.15) is 0 Å². The van der Waals surface area contributed by atoms with Crippen LogP contribution in [0.3, 0.4) is 0 Å². The Kier molecular flexibility index (Phi) is 4.89. The summed E-state index contributed by atoms with van der Waals surface area (Å²) in [6, 6.07) is 21.1. The molecule has 0 atom stereocenters. The molecule has 2 heterocycles. The van der Waals surface area contributed by atoms with E-state index in [9.17, 15) is 4.79 Å². The van der Waals surface area contributed by atoms with Crippen LogP contribution in [0.5, 0.6) is 0 Å². The van der Waals surface area contributed by atoms with Crippen molar-refractivity contribution in [1.82, 2.24) is 15.4 Å². The monoisotopic (exact) mass is 366 g/mol. The molecule has 4 rings (SSSR count). The van der Waals surface area contributed by atoms with Gasteiger partial charge in [-0.05, 0) is 30.7 Å². The van der Waals surface area contributed by atoms with Gasteiger partial charge >= 0.3 is 0 Å². The van der Waals surface area contributed by atoms with E-state index in [0.29, 0.717) is 5.56 Å². The number of hydrazone groups is 1. The van der Waals surface area contributed by atoms with Gasteiger partial charge in [0.15, 0.2) is 0 Å². The lowest BCUT2D eigenvalue weighted by atomic mass is 10.0. The Labute approximate surface area is 162 Å². The summed E-state index contributed by atoms with van der Waals surface area (Å²) in [4.78, 5) is 21.6. The number of hydrogen-bond donors (Lipinski definition) is 1. The number of rotatable bonds is 4. The number of benzene rings is 2. The van der Waals surface area contributed by atoms with Crippen molar-refractivity contribution < 1.29 is 4.79 Å². The predicted molar refractivity (Wildman–Crippen MR) is 111 cm³/mol. The largest absolute Gasteiger partial charge is 0.272 e. The zero-order valence-electron chi connectivity index (χ0n) is 15.3. The first-order chi connectivity index (χ1) is 13.7. The number of nitrogens with one attached hydrogen (secondary N) is 1. The average Bonchev–Trinajstić information content (AvgIpc) is 2.74. The standard InChI is InChI=1S/C23H18N4O/c1-16-7-2-3-9-18(16)22-13-20(19-10-4-5-11-21(19)26-22)23(28)27-25-15-17-8-6-12-24-14-17/h2-15H,1H3,(H,27,28)/b25-15-. The number of aromatic nitrogens is 2. The lowest BCUT2D eigenvalue weighted by Crippen LogP contribution is -2.18. The number of carbonyl (C=O) groups is 1. The molecular weight excluding hydrogens is 348 g/mol. The number of hydrogen-bond acceptors (Lipinski definition) is 4. The first kappa shape index (κ1) is 17.5. The number of nitrogens with zero attached hydrogens (tertiary/aromatic N) is 3. The lowest BCUT2D eigenvalue weighted by Gasteiger charge is -2.10. The fourth-order valence-corrected chi connectivity index (χ4v) is 3.04. The van der Waals surface area contributed by atoms with E-state index in [-0.39, 0.29) is 5.91 Å². The molecule has 0 aliphatic carbocycles. The van der Waals surface area contributed by atoms with Crippen LogP contribution in [-0.4, -0.2) is 22.1 Å². The van der Waals surface area contributed by atoms with Crippen molar-refractivity contribution in [3.8, 4) is 11.3 Å². The van der Waals surface area contributed by atoms with Gasteiger partial charge in [0.2, 0.25) is 0 Å². The number of para-hydroxylation sites is 1. The molecule has 136 valence electrons. The second-order valence-corrected chi connectivity index (χ2v) is 6.37. The van der Waals surface area contributed by atoms with Crippen molar-refractivity contribution in [2.24, 2.45) is 5.10 Å². The second-order valence-electron chi connectivity index (χ2n) is 6.37. The van der Waals surface area contributed by atoms with E-state index in [2.05, 4.69) is 15.5 Å². The van der Waals surface area contributed by atoms with Gasteiger partial charge < -0.3 is 0 Å². The van der Waals surface area contributed by atoms with Crippen molar-refractivity contribution in [3.05, 3.63) is 95.8 Å². The summed E-state index contributed by atoms with van der Waals surface area (Å²) in [6.07, 6.45) is 4.93. The fourth-order valence-electron chi connectivity index (χ4n) is 3.04. The van der Waals surface area contributed by atoms with Crippen LogP contribution in [0.25, 0.3) is 22.2 Å². The van der Waals surface area contributed by atoms with Crippen molar-refractivity contribution in [2.45, 2.75) is 6.92 Å². The molecule has 5 nitrogen and oxygen atoms in total. The Morgan fingerprint density at radius 1 is 1.04 bits per heavy atom. The van der Waals surface area contributed by atoms with E-state index in [1.54, 1.807) is 18.6 Å². The molecule has 28 heavy (non-hydrogen) atoms. The molecule has 0 aliphatic heterocycles. The lowest BCUT2D eigenvalue weighted by molar-refractivity contribution is 0.0956. The number of pyridine rings is 2. The molecule has 1 N–H and O–H groups in total. The van der Waals surface area contributed by atoms with Gasteiger partial charge in [-0.2, -0.15) is 5.10 Å². The normalized spacial score (nSPS) is 11.0. The minimum atomic E-state index is -0.284. The number of fused-ring (bicyclic) bond motifs is 1. The molecule has 0 spiro atoms. The van der Waals surface area contributed by atoms with Crippen LogP contribution in [-0.2, 0) is 0 Å². The molecule has 0 unspecified atom stereocenters. The van der Waals surface area contributed by atoms with E-state index in [1.807, 2.05) is 73.7 Å². The van der Waals surface area contributed by atoms with E-state index < -0.39 is 0 Å². The third kappa shape index (κ3) is 3.64. The van der Waals surface area contributed by atoms with Crippen LogP contribution in [0.15, 0.2) is 84.2 Å². The molecule has 0 saturated carbocycles. The smallest absolute Gasteiger partial charge is 0.267 e. The Bertz CT molecular complexity index is 1170. The molecule has 0 fully saturated rings. The van der Waals surface area contributed by atoms with E-state index >= 15 is 0 Å². The van der Waals surface area contributed by atoms with Gasteiger partial charge in [-0.25, -0.2) is 10.4 Å². The summed E-state index contributed by atoms with van der Waals surface area (Å²) in [7, 11) is 0. The Hall–Kier alpha value is -3.86. The van der Waals surface area contributed by atoms with E-state index in [0.717, 1.165) is 33.3 Å². The topological polar surface area (TPSA) is 67.2 Å². The third-order valence-corrected chi connectivity index (χ3v) is 4.45. The summed E-state index contributed by atoms with van der Waals surface area (Å²) in [5, 5.41) is 4.85. The van der Waals surface area contributed by atoms with E-state index in [4.69, 9.17) is 4.98 Å². The molecule has 0 aliphatic rings. The second kappa shape index (κ2) is 7.80. The molecular formula is C23H18N4O. The Morgan fingerprint density at radius 3 is 2.68 bits per heavy atom. The van der Waals surface area contributed by atoms with Gasteiger partial charge in [0.25, 0.3) is 5.91 Å². The summed E-state index contributed by atoms with van der Waals surface area (Å²) < 4.78 is 0. The molecule has 1 amide bonds. The maximum absolute atomic E-state index is 12.8. The van der Waals surface area contributed by atoms with Crippen LogP contribution in [0.4, 0.5) is 0 Å². The van der Waals surface area contributed by atoms with Gasteiger partial charge in [0, 0.05) is 28.9 Å². The fraction of sp³-hybridized carbons (Fsp3) is 0.0435. The van der Waals surface area contributed by atoms with Crippen molar-refractivity contribution in [1.29, 1.82) is 0 Å². The van der Waals surface area contributed by atoms with Crippen LogP contribution < -0.4 is 5.43 Å². The predicted octanol–water partition coefficient (Wildman–Crippen LogP) is 4.37. The van der Waals surface area contributed by atoms with Crippen LogP contribution >= 0.6 is 0 Å². The van der Waals surface area contributed by atoms with Crippen LogP contribution in [0, 0.1) is 6.92 Å². The number of amides is 1. The summed E-state index contributed by atoms with van der Waals surface area (Å²) in [6.45, 7) is 2.03. The average molecular weight is 366 g/mol. The first-order valence-corrected chi connectivity index (χ1v) is 8.91. The molecule has 0 saturated heterocycles. The summed E-state index contributed by atoms with van der Waals surface area (Å²) >= 11 is 0. The van der Waals surface area contributed by atoms with Crippen molar-refractivity contribution in [2.75, 3.05) is 0 Å². The molecule has 5 heteroatoms. The summed E-state index contributed by atoms with van der Waals surface area (Å²) in [5.41, 5.74) is 7.59. The molecule has 2 aromatic heterocycles. The number of aryl methyl sites for hydroxylation is 1. The Morgan fingerprint density at radius 2 is 1.86 bits per heavy atom. The minimum absolute atomic E-state index is 0.284. The summed E-state index contributed by atoms with van der Waals surface area (Å²) in [5.74, 6) is -0.284. The highest BCUT2D eigenvalue weighted by atomic mass is 16.2. The SMILES string of the molecule is Cc1ccccc1-c1cc(C(=O)N/N=C\c2cccnc2)c2ccccc2n1. The molecule has 0 radical (unpaired) electrons. The van der Waals surface area contributed by atoms with Gasteiger partial charge in [-0.3, -0.25) is 9.78 Å².